The molecule has 0 spiro atoms. The molecule has 0 aliphatic carbocycles. The molecule has 0 amide bonds. The van der Waals surface area contributed by atoms with Crippen molar-refractivity contribution in [3.63, 3.8) is 0 Å². The average molecular weight is 622 g/mol. The number of rotatable bonds is 24. The second-order valence-corrected chi connectivity index (χ2v) is 33.5. The SMILES string of the molecule is CCCCCCCCCCCCCC(O[Si](C)(C)C)C(O[Si](C)(C)C)C(O[Si](C)(C)C)C(N)CO[Si](C)(C)C. The average Bonchev–Trinajstić information content (AvgIpc) is 2.74. The lowest BCUT2D eigenvalue weighted by Crippen LogP contribution is -2.59. The van der Waals surface area contributed by atoms with Crippen LogP contribution in [0.2, 0.25) is 78.6 Å². The molecule has 0 rings (SSSR count). The van der Waals surface area contributed by atoms with Crippen LogP contribution in [0, 0.1) is 0 Å². The molecule has 0 bridgehead atoms. The third-order valence-electron chi connectivity index (χ3n) is 6.40. The van der Waals surface area contributed by atoms with Gasteiger partial charge in [0.1, 0.15) is 0 Å². The standard InChI is InChI=1S/C30H71NO4Si4/c1-14-15-16-17-18-19-20-21-22-23-24-25-28(33-37(5,6)7)30(35-39(11,12)13)29(34-38(8,9)10)27(31)26-32-36(2,3)4/h27-30H,14-26,31H2,1-13H3. The highest BCUT2D eigenvalue weighted by Crippen LogP contribution is 2.28. The molecule has 9 heteroatoms. The Labute approximate surface area is 249 Å². The van der Waals surface area contributed by atoms with Crippen molar-refractivity contribution in [2.45, 2.75) is 187 Å². The Morgan fingerprint density at radius 1 is 0.487 bits per heavy atom. The summed E-state index contributed by atoms with van der Waals surface area (Å²) in [6, 6.07) is -0.241. The fourth-order valence-corrected chi connectivity index (χ4v) is 8.84. The molecular formula is C30H71NO4Si4. The van der Waals surface area contributed by atoms with E-state index in [0.29, 0.717) is 6.61 Å². The summed E-state index contributed by atoms with van der Waals surface area (Å²) < 4.78 is 27.0. The maximum absolute atomic E-state index is 6.97. The zero-order valence-electron chi connectivity index (χ0n) is 28.7. The quantitative estimate of drug-likeness (QED) is 0.0859. The Morgan fingerprint density at radius 2 is 0.872 bits per heavy atom. The van der Waals surface area contributed by atoms with Crippen molar-refractivity contribution in [3.8, 4) is 0 Å². The Hall–Kier alpha value is 0.668. The highest BCUT2D eigenvalue weighted by Gasteiger charge is 2.42. The van der Waals surface area contributed by atoms with Gasteiger partial charge in [-0.15, -0.1) is 0 Å². The number of hydrogen-bond donors (Lipinski definition) is 1. The molecule has 0 aliphatic heterocycles. The van der Waals surface area contributed by atoms with Gasteiger partial charge < -0.3 is 23.4 Å². The van der Waals surface area contributed by atoms with Gasteiger partial charge >= 0.3 is 0 Å². The summed E-state index contributed by atoms with van der Waals surface area (Å²) in [5.74, 6) is 0. The van der Waals surface area contributed by atoms with Crippen LogP contribution in [0.5, 0.6) is 0 Å². The van der Waals surface area contributed by atoms with E-state index in [-0.39, 0.29) is 24.4 Å². The number of unbranched alkanes of at least 4 members (excludes halogenated alkanes) is 10. The third-order valence-corrected chi connectivity index (χ3v) is 10.4. The van der Waals surface area contributed by atoms with Crippen molar-refractivity contribution in [2.24, 2.45) is 5.73 Å². The molecule has 0 aromatic heterocycles. The summed E-state index contributed by atoms with van der Waals surface area (Å²) in [7, 11) is -7.32. The lowest BCUT2D eigenvalue weighted by Gasteiger charge is -2.44. The molecular weight excluding hydrogens is 551 g/mol. The predicted molar refractivity (Wildman–Crippen MR) is 183 cm³/mol. The van der Waals surface area contributed by atoms with Crippen LogP contribution in [0.15, 0.2) is 0 Å². The monoisotopic (exact) mass is 621 g/mol. The minimum absolute atomic E-state index is 0.00115. The van der Waals surface area contributed by atoms with Gasteiger partial charge in [-0.25, -0.2) is 0 Å². The molecule has 0 aromatic rings. The minimum atomic E-state index is -1.90. The summed E-state index contributed by atoms with van der Waals surface area (Å²) in [5, 5.41) is 0. The van der Waals surface area contributed by atoms with Gasteiger partial charge in [-0.3, -0.25) is 0 Å². The van der Waals surface area contributed by atoms with Crippen LogP contribution < -0.4 is 5.73 Å². The molecule has 0 fully saturated rings. The van der Waals surface area contributed by atoms with Crippen molar-refractivity contribution in [1.29, 1.82) is 0 Å². The van der Waals surface area contributed by atoms with Crippen LogP contribution in [-0.2, 0) is 17.7 Å². The fourth-order valence-electron chi connectivity index (χ4n) is 4.76. The lowest BCUT2D eigenvalue weighted by atomic mass is 9.97. The normalized spacial score (nSPS) is 16.8. The maximum Gasteiger partial charge on any atom is 0.184 e. The third kappa shape index (κ3) is 23.9. The van der Waals surface area contributed by atoms with Gasteiger partial charge in [-0.05, 0) is 85.0 Å². The Morgan fingerprint density at radius 3 is 1.26 bits per heavy atom. The molecule has 236 valence electrons. The van der Waals surface area contributed by atoms with Crippen molar-refractivity contribution in [2.75, 3.05) is 6.61 Å². The van der Waals surface area contributed by atoms with Crippen LogP contribution >= 0.6 is 0 Å². The minimum Gasteiger partial charge on any atom is -0.416 e. The van der Waals surface area contributed by atoms with E-state index in [1.807, 2.05) is 0 Å². The first-order valence-corrected chi connectivity index (χ1v) is 29.8. The Balaban J connectivity index is 5.51. The van der Waals surface area contributed by atoms with Crippen LogP contribution in [0.25, 0.3) is 0 Å². The van der Waals surface area contributed by atoms with Crippen LogP contribution in [0.3, 0.4) is 0 Å². The summed E-state index contributed by atoms with van der Waals surface area (Å²) in [6.07, 6.45) is 15.4. The van der Waals surface area contributed by atoms with Crippen LogP contribution in [0.4, 0.5) is 0 Å². The van der Waals surface area contributed by atoms with Gasteiger partial charge in [0.25, 0.3) is 0 Å². The first kappa shape index (κ1) is 39.7. The molecule has 0 saturated heterocycles. The number of hydrogen-bond acceptors (Lipinski definition) is 5. The van der Waals surface area contributed by atoms with Crippen LogP contribution in [-0.4, -0.2) is 64.2 Å². The van der Waals surface area contributed by atoms with Gasteiger partial charge in [0.15, 0.2) is 33.3 Å². The van der Waals surface area contributed by atoms with Gasteiger partial charge in [0.2, 0.25) is 0 Å². The highest BCUT2D eigenvalue weighted by molar-refractivity contribution is 6.71. The number of nitrogens with two attached hydrogens (primary N) is 1. The second-order valence-electron chi connectivity index (χ2n) is 15.6. The van der Waals surface area contributed by atoms with E-state index in [1.165, 1.54) is 64.2 Å². The highest BCUT2D eigenvalue weighted by atomic mass is 28.4. The largest absolute Gasteiger partial charge is 0.416 e. The summed E-state index contributed by atoms with van der Waals surface area (Å²) in [5.41, 5.74) is 6.90. The molecule has 0 saturated carbocycles. The molecule has 0 heterocycles. The summed E-state index contributed by atoms with van der Waals surface area (Å²) in [4.78, 5) is 0. The predicted octanol–water partition coefficient (Wildman–Crippen LogP) is 9.53. The molecule has 5 nitrogen and oxygen atoms in total. The van der Waals surface area contributed by atoms with Crippen molar-refractivity contribution >= 4 is 33.3 Å². The zero-order chi connectivity index (χ0) is 30.3. The summed E-state index contributed by atoms with van der Waals surface area (Å²) in [6.45, 7) is 29.8. The van der Waals surface area contributed by atoms with E-state index in [1.54, 1.807) is 0 Å². The lowest BCUT2D eigenvalue weighted by molar-refractivity contribution is -0.0506. The first-order chi connectivity index (χ1) is 17.7. The van der Waals surface area contributed by atoms with Crippen molar-refractivity contribution in [1.82, 2.24) is 0 Å². The van der Waals surface area contributed by atoms with Gasteiger partial charge in [-0.2, -0.15) is 0 Å². The topological polar surface area (TPSA) is 62.9 Å². The van der Waals surface area contributed by atoms with Gasteiger partial charge in [0, 0.05) is 0 Å². The Bertz CT molecular complexity index is 612. The van der Waals surface area contributed by atoms with E-state index in [4.69, 9.17) is 23.4 Å². The molecule has 0 aromatic carbocycles. The van der Waals surface area contributed by atoms with Crippen LogP contribution in [0.1, 0.15) is 84.0 Å². The first-order valence-electron chi connectivity index (χ1n) is 16.2. The Kier molecular flexibility index (Phi) is 19.4. The van der Waals surface area contributed by atoms with E-state index in [2.05, 4.69) is 85.5 Å². The molecule has 0 aliphatic rings. The molecule has 2 N–H and O–H groups in total. The zero-order valence-corrected chi connectivity index (χ0v) is 32.7. The smallest absolute Gasteiger partial charge is 0.184 e. The molecule has 39 heavy (non-hydrogen) atoms. The van der Waals surface area contributed by atoms with E-state index in [9.17, 15) is 0 Å². The van der Waals surface area contributed by atoms with Gasteiger partial charge in [0.05, 0.1) is 31.0 Å². The molecule has 0 radical (unpaired) electrons. The second kappa shape index (κ2) is 19.0. The van der Waals surface area contributed by atoms with E-state index in [0.717, 1.165) is 12.8 Å². The van der Waals surface area contributed by atoms with Gasteiger partial charge in [-0.1, -0.05) is 77.6 Å². The summed E-state index contributed by atoms with van der Waals surface area (Å²) >= 11 is 0. The molecule has 4 unspecified atom stereocenters. The van der Waals surface area contributed by atoms with E-state index >= 15 is 0 Å². The van der Waals surface area contributed by atoms with Crippen molar-refractivity contribution in [3.05, 3.63) is 0 Å². The van der Waals surface area contributed by atoms with E-state index < -0.39 is 33.3 Å². The maximum atomic E-state index is 6.97. The fraction of sp³-hybridized carbons (Fsp3) is 1.00. The molecule has 4 atom stereocenters. The van der Waals surface area contributed by atoms with Crippen molar-refractivity contribution < 1.29 is 17.7 Å².